The van der Waals surface area contributed by atoms with E-state index in [0.717, 1.165) is 18.8 Å². The molecule has 1 amide bonds. The van der Waals surface area contributed by atoms with Crippen molar-refractivity contribution in [2.75, 3.05) is 25.0 Å². The summed E-state index contributed by atoms with van der Waals surface area (Å²) in [6.07, 6.45) is 4.32. The van der Waals surface area contributed by atoms with Gasteiger partial charge in [0, 0.05) is 32.2 Å². The number of anilines is 1. The first-order valence-corrected chi connectivity index (χ1v) is 6.48. The molecule has 1 aliphatic heterocycles. The number of pyridine rings is 1. The zero-order valence-corrected chi connectivity index (χ0v) is 10.5. The zero-order chi connectivity index (χ0) is 12.5. The van der Waals surface area contributed by atoms with Crippen LogP contribution in [-0.2, 0) is 0 Å². The molecule has 5 nitrogen and oxygen atoms in total. The molecule has 2 heterocycles. The van der Waals surface area contributed by atoms with Gasteiger partial charge in [-0.2, -0.15) is 0 Å². The largest absolute Gasteiger partial charge is 0.364 e. The van der Waals surface area contributed by atoms with Crippen LogP contribution < -0.4 is 15.5 Å². The molecule has 0 aromatic carbocycles. The van der Waals surface area contributed by atoms with Gasteiger partial charge in [0.1, 0.15) is 5.69 Å². The van der Waals surface area contributed by atoms with Gasteiger partial charge >= 0.3 is 0 Å². The summed E-state index contributed by atoms with van der Waals surface area (Å²) in [4.78, 5) is 18.1. The van der Waals surface area contributed by atoms with E-state index in [1.165, 1.54) is 12.8 Å². The van der Waals surface area contributed by atoms with Crippen molar-refractivity contribution in [2.45, 2.75) is 24.9 Å². The Balaban J connectivity index is 1.78. The van der Waals surface area contributed by atoms with Crippen LogP contribution in [0.15, 0.2) is 18.3 Å². The Morgan fingerprint density at radius 3 is 3.00 bits per heavy atom. The molecular weight excluding hydrogens is 228 g/mol. The molecule has 2 fully saturated rings. The molecule has 2 N–H and O–H groups in total. The molecule has 2 aliphatic rings. The zero-order valence-electron chi connectivity index (χ0n) is 10.5. The fraction of sp³-hybridized carbons (Fsp3) is 0.538. The van der Waals surface area contributed by atoms with Gasteiger partial charge in [-0.1, -0.05) is 0 Å². The van der Waals surface area contributed by atoms with E-state index >= 15 is 0 Å². The predicted molar refractivity (Wildman–Crippen MR) is 69.8 cm³/mol. The van der Waals surface area contributed by atoms with E-state index in [0.29, 0.717) is 17.8 Å². The Morgan fingerprint density at radius 1 is 1.50 bits per heavy atom. The van der Waals surface area contributed by atoms with Gasteiger partial charge in [0.05, 0.1) is 11.9 Å². The third kappa shape index (κ3) is 1.84. The van der Waals surface area contributed by atoms with Crippen LogP contribution in [0.2, 0.25) is 0 Å². The number of aromatic nitrogens is 1. The molecule has 0 bridgehead atoms. The Labute approximate surface area is 107 Å². The molecular formula is C13H18N4O. The molecule has 1 aromatic rings. The number of hydrogen-bond acceptors (Lipinski definition) is 4. The minimum atomic E-state index is -0.136. The molecule has 1 unspecified atom stereocenters. The highest BCUT2D eigenvalue weighted by Gasteiger charge is 2.38. The van der Waals surface area contributed by atoms with Gasteiger partial charge in [-0.15, -0.1) is 0 Å². The number of hydrogen-bond donors (Lipinski definition) is 2. The van der Waals surface area contributed by atoms with Crippen LogP contribution in [0.4, 0.5) is 5.69 Å². The summed E-state index contributed by atoms with van der Waals surface area (Å²) >= 11 is 0. The highest BCUT2D eigenvalue weighted by atomic mass is 16.1. The second kappa shape index (κ2) is 4.57. The number of fused-ring (bicyclic) bond motifs is 1. The number of nitrogens with one attached hydrogen (secondary N) is 2. The van der Waals surface area contributed by atoms with Gasteiger partial charge < -0.3 is 15.5 Å². The second-order valence-electron chi connectivity index (χ2n) is 4.88. The number of rotatable bonds is 2. The predicted octanol–water partition coefficient (Wildman–Crippen LogP) is 0.382. The number of amides is 1. The highest BCUT2D eigenvalue weighted by Crippen LogP contribution is 2.31. The Hall–Kier alpha value is -1.62. The summed E-state index contributed by atoms with van der Waals surface area (Å²) in [5.41, 5.74) is 1.60. The summed E-state index contributed by atoms with van der Waals surface area (Å²) in [6, 6.07) is 5.03. The van der Waals surface area contributed by atoms with Crippen molar-refractivity contribution in [1.29, 1.82) is 0 Å². The minimum absolute atomic E-state index is 0.136. The van der Waals surface area contributed by atoms with Crippen LogP contribution in [0.25, 0.3) is 0 Å². The van der Waals surface area contributed by atoms with E-state index in [4.69, 9.17) is 0 Å². The number of piperazine rings is 1. The average molecular weight is 246 g/mol. The fourth-order valence-electron chi connectivity index (χ4n) is 2.77. The minimum Gasteiger partial charge on any atom is -0.364 e. The van der Waals surface area contributed by atoms with Crippen molar-refractivity contribution >= 4 is 11.6 Å². The van der Waals surface area contributed by atoms with Crippen LogP contribution in [-0.4, -0.2) is 43.1 Å². The third-order valence-corrected chi connectivity index (χ3v) is 3.94. The lowest BCUT2D eigenvalue weighted by Crippen LogP contribution is -2.63. The molecule has 0 spiro atoms. The van der Waals surface area contributed by atoms with Gasteiger partial charge in [0.15, 0.2) is 0 Å². The SMILES string of the molecule is CNC(=O)c1ccc(N2CCN[C@@H]3CCC32)cn1. The van der Waals surface area contributed by atoms with Gasteiger partial charge in [-0.3, -0.25) is 4.79 Å². The summed E-state index contributed by atoms with van der Waals surface area (Å²) in [5.74, 6) is -0.136. The van der Waals surface area contributed by atoms with Gasteiger partial charge in [0.25, 0.3) is 5.91 Å². The number of carbonyl (C=O) groups excluding carboxylic acids is 1. The number of carbonyl (C=O) groups is 1. The van der Waals surface area contributed by atoms with Crippen molar-refractivity contribution in [3.63, 3.8) is 0 Å². The first-order valence-electron chi connectivity index (χ1n) is 6.48. The maximum absolute atomic E-state index is 11.4. The number of nitrogens with zero attached hydrogens (tertiary/aromatic N) is 2. The van der Waals surface area contributed by atoms with Crippen LogP contribution in [0.3, 0.4) is 0 Å². The lowest BCUT2D eigenvalue weighted by Gasteiger charge is -2.49. The molecule has 5 heteroatoms. The third-order valence-electron chi connectivity index (χ3n) is 3.94. The Morgan fingerprint density at radius 2 is 2.39 bits per heavy atom. The molecule has 1 aliphatic carbocycles. The van der Waals surface area contributed by atoms with E-state index in [1.807, 2.05) is 12.3 Å². The standard InChI is InChI=1S/C13H18N4O/c1-14-13(18)11-3-2-9(8-16-11)17-7-6-15-10-4-5-12(10)17/h2-3,8,10,12,15H,4-7H2,1H3,(H,14,18)/t10-,12?/m1/s1. The van der Waals surface area contributed by atoms with Crippen LogP contribution >= 0.6 is 0 Å². The maximum Gasteiger partial charge on any atom is 0.269 e. The van der Waals surface area contributed by atoms with Crippen molar-refractivity contribution < 1.29 is 4.79 Å². The lowest BCUT2D eigenvalue weighted by molar-refractivity contribution is 0.0958. The van der Waals surface area contributed by atoms with E-state index in [-0.39, 0.29) is 5.91 Å². The fourth-order valence-corrected chi connectivity index (χ4v) is 2.77. The normalized spacial score (nSPS) is 26.2. The summed E-state index contributed by atoms with van der Waals surface area (Å²) in [7, 11) is 1.62. The van der Waals surface area contributed by atoms with Crippen molar-refractivity contribution in [1.82, 2.24) is 15.6 Å². The molecule has 1 saturated heterocycles. The van der Waals surface area contributed by atoms with E-state index in [1.54, 1.807) is 13.1 Å². The van der Waals surface area contributed by atoms with E-state index in [2.05, 4.69) is 20.5 Å². The monoisotopic (exact) mass is 246 g/mol. The molecule has 3 rings (SSSR count). The van der Waals surface area contributed by atoms with Crippen molar-refractivity contribution in [3.05, 3.63) is 24.0 Å². The smallest absolute Gasteiger partial charge is 0.269 e. The van der Waals surface area contributed by atoms with Gasteiger partial charge in [-0.05, 0) is 25.0 Å². The lowest BCUT2D eigenvalue weighted by atomic mass is 9.83. The first kappa shape index (κ1) is 11.5. The molecule has 1 aromatic heterocycles. The van der Waals surface area contributed by atoms with Gasteiger partial charge in [-0.25, -0.2) is 4.98 Å². The second-order valence-corrected chi connectivity index (χ2v) is 4.88. The van der Waals surface area contributed by atoms with Crippen LogP contribution in [0, 0.1) is 0 Å². The molecule has 18 heavy (non-hydrogen) atoms. The van der Waals surface area contributed by atoms with Crippen molar-refractivity contribution in [3.8, 4) is 0 Å². The summed E-state index contributed by atoms with van der Waals surface area (Å²) in [6.45, 7) is 2.04. The van der Waals surface area contributed by atoms with Crippen LogP contribution in [0.5, 0.6) is 0 Å². The Kier molecular flexibility index (Phi) is 2.91. The van der Waals surface area contributed by atoms with Gasteiger partial charge in [0.2, 0.25) is 0 Å². The highest BCUT2D eigenvalue weighted by molar-refractivity contribution is 5.92. The van der Waals surface area contributed by atoms with Crippen molar-refractivity contribution in [2.24, 2.45) is 0 Å². The molecule has 96 valence electrons. The maximum atomic E-state index is 11.4. The van der Waals surface area contributed by atoms with Crippen LogP contribution in [0.1, 0.15) is 23.3 Å². The molecule has 0 radical (unpaired) electrons. The molecule has 2 atom stereocenters. The van der Waals surface area contributed by atoms with E-state index in [9.17, 15) is 4.79 Å². The Bertz CT molecular complexity index is 445. The summed E-state index contributed by atoms with van der Waals surface area (Å²) < 4.78 is 0. The van der Waals surface area contributed by atoms with E-state index < -0.39 is 0 Å². The average Bonchev–Trinajstić information content (AvgIpc) is 2.39. The quantitative estimate of drug-likeness (QED) is 0.792. The first-order chi connectivity index (χ1) is 8.79. The summed E-state index contributed by atoms with van der Waals surface area (Å²) in [5, 5.41) is 6.11. The topological polar surface area (TPSA) is 57.3 Å². The molecule has 1 saturated carbocycles.